The summed E-state index contributed by atoms with van der Waals surface area (Å²) in [6, 6.07) is 9.59. The normalized spacial score (nSPS) is 20.2. The molecular formula is C15H15Cl2N5O2S. The molecule has 3 rings (SSSR count). The summed E-state index contributed by atoms with van der Waals surface area (Å²) in [6.07, 6.45) is 1.14. The summed E-state index contributed by atoms with van der Waals surface area (Å²) in [5.74, 6) is -1.16. The lowest BCUT2D eigenvalue weighted by Crippen LogP contribution is -2.50. The highest BCUT2D eigenvalue weighted by molar-refractivity contribution is 7.90. The number of benzene rings is 2. The van der Waals surface area contributed by atoms with Gasteiger partial charge in [-0.05, 0) is 29.8 Å². The van der Waals surface area contributed by atoms with Crippen LogP contribution in [0.3, 0.4) is 0 Å². The van der Waals surface area contributed by atoms with E-state index in [2.05, 4.69) is 15.8 Å². The van der Waals surface area contributed by atoms with Gasteiger partial charge in [-0.2, -0.15) is 5.43 Å². The summed E-state index contributed by atoms with van der Waals surface area (Å²) in [5.41, 5.74) is 18.7. The van der Waals surface area contributed by atoms with Crippen LogP contribution in [-0.2, 0) is 15.6 Å². The molecule has 0 aliphatic carbocycles. The van der Waals surface area contributed by atoms with Crippen LogP contribution >= 0.6 is 23.2 Å². The highest BCUT2D eigenvalue weighted by Crippen LogP contribution is 2.38. The molecular weight excluding hydrogens is 385 g/mol. The zero-order chi connectivity index (χ0) is 18.4. The number of aliphatic imine (C=N–C) groups is 1. The molecule has 0 bridgehead atoms. The minimum atomic E-state index is -3.35. The van der Waals surface area contributed by atoms with Gasteiger partial charge >= 0.3 is 0 Å². The Morgan fingerprint density at radius 2 is 1.80 bits per heavy atom. The summed E-state index contributed by atoms with van der Waals surface area (Å²) in [5, 5.41) is 0.612. The molecule has 0 spiro atoms. The zero-order valence-corrected chi connectivity index (χ0v) is 15.4. The van der Waals surface area contributed by atoms with Crippen LogP contribution in [0.2, 0.25) is 10.0 Å². The minimum absolute atomic E-state index is 0.139. The molecule has 1 heterocycles. The largest absolute Gasteiger partial charge is 0.369 e. The average Bonchev–Trinajstić information content (AvgIpc) is 2.87. The number of nitrogens with one attached hydrogen (secondary N) is 2. The van der Waals surface area contributed by atoms with Gasteiger partial charge in [0, 0.05) is 17.4 Å². The minimum Gasteiger partial charge on any atom is -0.369 e. The highest BCUT2D eigenvalue weighted by Gasteiger charge is 2.32. The Bertz CT molecular complexity index is 970. The van der Waals surface area contributed by atoms with Crippen LogP contribution in [0.15, 0.2) is 46.3 Å². The summed E-state index contributed by atoms with van der Waals surface area (Å²) in [6.45, 7) is 0. The fourth-order valence-electron chi connectivity index (χ4n) is 2.49. The molecule has 0 radical (unpaired) electrons. The van der Waals surface area contributed by atoms with Crippen molar-refractivity contribution in [3.8, 4) is 11.1 Å². The molecule has 0 aromatic heterocycles. The number of nitrogens with two attached hydrogens (primary N) is 2. The molecule has 25 heavy (non-hydrogen) atoms. The third kappa shape index (κ3) is 3.44. The van der Waals surface area contributed by atoms with Gasteiger partial charge in [0.25, 0.3) is 0 Å². The van der Waals surface area contributed by atoms with E-state index in [-0.39, 0.29) is 10.9 Å². The lowest BCUT2D eigenvalue weighted by molar-refractivity contribution is 0.375. The number of hydrazine groups is 1. The van der Waals surface area contributed by atoms with Crippen molar-refractivity contribution < 1.29 is 8.42 Å². The predicted octanol–water partition coefficient (Wildman–Crippen LogP) is 1.56. The van der Waals surface area contributed by atoms with Gasteiger partial charge in [0.15, 0.2) is 9.84 Å². The fraction of sp³-hybridized carbons (Fsp3) is 0.133. The molecule has 0 saturated heterocycles. The van der Waals surface area contributed by atoms with Crippen molar-refractivity contribution >= 4 is 39.0 Å². The molecule has 7 nitrogen and oxygen atoms in total. The molecule has 10 heteroatoms. The Morgan fingerprint density at radius 3 is 2.32 bits per heavy atom. The first-order chi connectivity index (χ1) is 11.6. The van der Waals surface area contributed by atoms with Crippen LogP contribution in [0.4, 0.5) is 0 Å². The van der Waals surface area contributed by atoms with Crippen molar-refractivity contribution in [3.05, 3.63) is 52.0 Å². The van der Waals surface area contributed by atoms with Crippen molar-refractivity contribution in [1.29, 1.82) is 0 Å². The van der Waals surface area contributed by atoms with E-state index in [0.717, 1.165) is 6.26 Å². The standard InChI is InChI=1S/C15H15Cl2N5O2S/c1-25(23,24)10-4-2-3-8(5-10)13-11(16)6-9(7-12(13)17)15(19)20-14(18)21-22-15/h2-7,22H,19H2,1H3,(H3,18,20,21). The van der Waals surface area contributed by atoms with Gasteiger partial charge in [0.1, 0.15) is 0 Å². The Hall–Kier alpha value is -1.84. The third-order valence-electron chi connectivity index (χ3n) is 3.71. The SMILES string of the molecule is CS(=O)(=O)c1cccc(-c2c(Cl)cc(C3(N)N=C(N)NN3)cc2Cl)c1. The van der Waals surface area contributed by atoms with Crippen LogP contribution in [0.1, 0.15) is 5.56 Å². The van der Waals surface area contributed by atoms with Gasteiger partial charge < -0.3 is 5.73 Å². The lowest BCUT2D eigenvalue weighted by atomic mass is 10.0. The van der Waals surface area contributed by atoms with Gasteiger partial charge in [-0.1, -0.05) is 35.3 Å². The molecule has 0 fully saturated rings. The van der Waals surface area contributed by atoms with Crippen LogP contribution in [0, 0.1) is 0 Å². The van der Waals surface area contributed by atoms with E-state index < -0.39 is 15.6 Å². The van der Waals surface area contributed by atoms with E-state index >= 15 is 0 Å². The number of guanidine groups is 1. The van der Waals surface area contributed by atoms with Gasteiger partial charge in [0.2, 0.25) is 11.7 Å². The molecule has 0 saturated carbocycles. The summed E-state index contributed by atoms with van der Waals surface area (Å²) < 4.78 is 23.5. The van der Waals surface area contributed by atoms with Crippen molar-refractivity contribution in [1.82, 2.24) is 10.9 Å². The third-order valence-corrected chi connectivity index (χ3v) is 5.42. The van der Waals surface area contributed by atoms with Crippen molar-refractivity contribution in [2.45, 2.75) is 10.7 Å². The molecule has 0 amide bonds. The first-order valence-electron chi connectivity index (χ1n) is 7.07. The van der Waals surface area contributed by atoms with Crippen molar-refractivity contribution in [2.24, 2.45) is 16.5 Å². The lowest BCUT2D eigenvalue weighted by Gasteiger charge is -2.22. The summed E-state index contributed by atoms with van der Waals surface area (Å²) in [4.78, 5) is 4.25. The Balaban J connectivity index is 2.11. The molecule has 2 aromatic carbocycles. The van der Waals surface area contributed by atoms with Crippen LogP contribution in [0.5, 0.6) is 0 Å². The number of rotatable bonds is 3. The molecule has 6 N–H and O–H groups in total. The first-order valence-corrected chi connectivity index (χ1v) is 9.72. The fourth-order valence-corrected chi connectivity index (χ4v) is 3.87. The number of halogens is 2. The second-order valence-corrected chi connectivity index (χ2v) is 8.46. The molecule has 132 valence electrons. The van der Waals surface area contributed by atoms with Gasteiger partial charge in [0.05, 0.1) is 14.9 Å². The zero-order valence-electron chi connectivity index (χ0n) is 13.0. The molecule has 1 aliphatic heterocycles. The highest BCUT2D eigenvalue weighted by atomic mass is 35.5. The second kappa shape index (κ2) is 6.15. The van der Waals surface area contributed by atoms with E-state index in [1.165, 1.54) is 12.1 Å². The van der Waals surface area contributed by atoms with E-state index in [1.807, 2.05) is 0 Å². The Labute approximate surface area is 154 Å². The smallest absolute Gasteiger partial charge is 0.209 e. The van der Waals surface area contributed by atoms with Gasteiger partial charge in [-0.15, -0.1) is 0 Å². The van der Waals surface area contributed by atoms with Crippen LogP contribution < -0.4 is 22.3 Å². The first kappa shape index (κ1) is 18.0. The molecule has 1 aliphatic rings. The van der Waals surface area contributed by atoms with E-state index in [1.54, 1.807) is 24.3 Å². The van der Waals surface area contributed by atoms with Gasteiger partial charge in [-0.25, -0.2) is 13.4 Å². The monoisotopic (exact) mass is 399 g/mol. The number of hydrogen-bond donors (Lipinski definition) is 4. The number of sulfone groups is 1. The number of hydrogen-bond acceptors (Lipinski definition) is 7. The Kier molecular flexibility index (Phi) is 4.42. The maximum Gasteiger partial charge on any atom is 0.209 e. The maximum atomic E-state index is 11.8. The predicted molar refractivity (Wildman–Crippen MR) is 98.8 cm³/mol. The van der Waals surface area contributed by atoms with E-state index in [9.17, 15) is 8.42 Å². The van der Waals surface area contributed by atoms with Crippen molar-refractivity contribution in [3.63, 3.8) is 0 Å². The van der Waals surface area contributed by atoms with E-state index in [4.69, 9.17) is 34.7 Å². The van der Waals surface area contributed by atoms with E-state index in [0.29, 0.717) is 26.7 Å². The number of nitrogens with zero attached hydrogens (tertiary/aromatic N) is 1. The summed E-state index contributed by atoms with van der Waals surface area (Å²) >= 11 is 12.8. The summed E-state index contributed by atoms with van der Waals surface area (Å²) in [7, 11) is -3.35. The second-order valence-electron chi connectivity index (χ2n) is 5.63. The Morgan fingerprint density at radius 1 is 1.16 bits per heavy atom. The molecule has 2 aromatic rings. The molecule has 1 atom stereocenters. The van der Waals surface area contributed by atoms with Gasteiger partial charge in [-0.3, -0.25) is 11.2 Å². The maximum absolute atomic E-state index is 11.8. The molecule has 1 unspecified atom stereocenters. The van der Waals surface area contributed by atoms with Crippen LogP contribution in [0.25, 0.3) is 11.1 Å². The van der Waals surface area contributed by atoms with Crippen LogP contribution in [-0.4, -0.2) is 20.6 Å². The average molecular weight is 400 g/mol. The van der Waals surface area contributed by atoms with Crippen molar-refractivity contribution in [2.75, 3.05) is 6.26 Å². The quantitative estimate of drug-likeness (QED) is 0.620. The topological polar surface area (TPSA) is 123 Å².